The van der Waals surface area contributed by atoms with Crippen LogP contribution in [-0.4, -0.2) is 39.9 Å². The fraction of sp³-hybridized carbons (Fsp3) is 0.467. The highest BCUT2D eigenvalue weighted by atomic mass is 16.6. The average Bonchev–Trinajstić information content (AvgIpc) is 2.47. The molecule has 1 fully saturated rings. The van der Waals surface area contributed by atoms with Crippen molar-refractivity contribution in [3.8, 4) is 0 Å². The van der Waals surface area contributed by atoms with Crippen LogP contribution in [0.4, 0.5) is 5.69 Å². The van der Waals surface area contributed by atoms with Crippen LogP contribution >= 0.6 is 0 Å². The number of nitrogens with zero attached hydrogens (tertiary/aromatic N) is 2. The second-order valence-corrected chi connectivity index (χ2v) is 5.59. The first-order valence-electron chi connectivity index (χ1n) is 7.14. The molecule has 0 atom stereocenters. The van der Waals surface area contributed by atoms with Gasteiger partial charge in [0.05, 0.1) is 4.92 Å². The molecule has 2 rings (SSSR count). The standard InChI is InChI=1S/C15H18N2O5/c1-10-2-3-12(17(21)22)9-13(10)15(20)16-6-4-11(5-7-16)8-14(18)19/h2-3,9,11H,4-8H2,1H3,(H,18,19). The number of carboxylic acid groups (broad SMARTS) is 1. The van der Waals surface area contributed by atoms with Crippen molar-refractivity contribution in [3.05, 3.63) is 39.4 Å². The maximum atomic E-state index is 12.5. The number of hydrogen-bond donors (Lipinski definition) is 1. The summed E-state index contributed by atoms with van der Waals surface area (Å²) in [7, 11) is 0. The fourth-order valence-corrected chi connectivity index (χ4v) is 2.71. The number of rotatable bonds is 4. The molecule has 0 aliphatic carbocycles. The predicted molar refractivity (Wildman–Crippen MR) is 78.7 cm³/mol. The lowest BCUT2D eigenvalue weighted by molar-refractivity contribution is -0.384. The first-order valence-corrected chi connectivity index (χ1v) is 7.14. The van der Waals surface area contributed by atoms with Crippen LogP contribution in [0.3, 0.4) is 0 Å². The van der Waals surface area contributed by atoms with Gasteiger partial charge in [-0.05, 0) is 31.2 Å². The van der Waals surface area contributed by atoms with E-state index in [9.17, 15) is 19.7 Å². The number of aryl methyl sites for hydroxylation is 1. The molecular weight excluding hydrogens is 288 g/mol. The van der Waals surface area contributed by atoms with E-state index in [2.05, 4.69) is 0 Å². The lowest BCUT2D eigenvalue weighted by Crippen LogP contribution is -2.39. The molecule has 1 N–H and O–H groups in total. The maximum absolute atomic E-state index is 12.5. The molecule has 7 heteroatoms. The molecule has 1 amide bonds. The first-order chi connectivity index (χ1) is 10.4. The quantitative estimate of drug-likeness (QED) is 0.679. The van der Waals surface area contributed by atoms with Crippen LogP contribution in [0.15, 0.2) is 18.2 Å². The van der Waals surface area contributed by atoms with Gasteiger partial charge < -0.3 is 10.0 Å². The smallest absolute Gasteiger partial charge is 0.303 e. The van der Waals surface area contributed by atoms with E-state index in [0.29, 0.717) is 37.1 Å². The van der Waals surface area contributed by atoms with E-state index in [1.54, 1.807) is 17.9 Å². The van der Waals surface area contributed by atoms with Crippen molar-refractivity contribution >= 4 is 17.6 Å². The zero-order valence-electron chi connectivity index (χ0n) is 12.3. The largest absolute Gasteiger partial charge is 0.481 e. The molecule has 1 aromatic rings. The summed E-state index contributed by atoms with van der Waals surface area (Å²) in [5, 5.41) is 19.6. The Labute approximate surface area is 127 Å². The number of non-ortho nitro benzene ring substituents is 1. The third-order valence-electron chi connectivity index (χ3n) is 4.03. The predicted octanol–water partition coefficient (Wildman–Crippen LogP) is 2.23. The fourth-order valence-electron chi connectivity index (χ4n) is 2.71. The summed E-state index contributed by atoms with van der Waals surface area (Å²) in [6.45, 7) is 2.71. The van der Waals surface area contributed by atoms with Crippen LogP contribution in [0.2, 0.25) is 0 Å². The summed E-state index contributed by atoms with van der Waals surface area (Å²) in [4.78, 5) is 35.2. The Balaban J connectivity index is 2.08. The number of likely N-dealkylation sites (tertiary alicyclic amines) is 1. The Morgan fingerprint density at radius 3 is 2.55 bits per heavy atom. The van der Waals surface area contributed by atoms with Gasteiger partial charge in [0.15, 0.2) is 0 Å². The molecule has 1 aliphatic rings. The number of carbonyl (C=O) groups is 2. The Bertz CT molecular complexity index is 606. The van der Waals surface area contributed by atoms with Gasteiger partial charge >= 0.3 is 5.97 Å². The van der Waals surface area contributed by atoms with Crippen molar-refractivity contribution in [3.63, 3.8) is 0 Å². The lowest BCUT2D eigenvalue weighted by Gasteiger charge is -2.31. The molecule has 1 aromatic carbocycles. The van der Waals surface area contributed by atoms with E-state index < -0.39 is 10.9 Å². The number of amides is 1. The Morgan fingerprint density at radius 2 is 2.00 bits per heavy atom. The van der Waals surface area contributed by atoms with E-state index in [0.717, 1.165) is 0 Å². The normalized spacial score (nSPS) is 15.6. The van der Waals surface area contributed by atoms with Crippen LogP contribution in [0.5, 0.6) is 0 Å². The van der Waals surface area contributed by atoms with Gasteiger partial charge in [-0.25, -0.2) is 0 Å². The molecular formula is C15H18N2O5. The number of nitro benzene ring substituents is 1. The maximum Gasteiger partial charge on any atom is 0.303 e. The monoisotopic (exact) mass is 306 g/mol. The summed E-state index contributed by atoms with van der Waals surface area (Å²) in [6, 6.07) is 4.26. The second-order valence-electron chi connectivity index (χ2n) is 5.59. The van der Waals surface area contributed by atoms with E-state index in [-0.39, 0.29) is 23.9 Å². The average molecular weight is 306 g/mol. The number of nitro groups is 1. The minimum absolute atomic E-state index is 0.0905. The highest BCUT2D eigenvalue weighted by Crippen LogP contribution is 2.24. The van der Waals surface area contributed by atoms with Crippen molar-refractivity contribution in [1.82, 2.24) is 4.90 Å². The number of carboxylic acids is 1. The summed E-state index contributed by atoms with van der Waals surface area (Å²) in [6.07, 6.45) is 1.41. The Morgan fingerprint density at radius 1 is 1.36 bits per heavy atom. The Hall–Kier alpha value is -2.44. The summed E-state index contributed by atoms with van der Waals surface area (Å²) in [5.41, 5.74) is 0.934. The Kier molecular flexibility index (Phi) is 4.75. The molecule has 0 radical (unpaired) electrons. The lowest BCUT2D eigenvalue weighted by atomic mass is 9.93. The molecule has 118 valence electrons. The molecule has 0 saturated carbocycles. The van der Waals surface area contributed by atoms with Crippen LogP contribution < -0.4 is 0 Å². The molecule has 22 heavy (non-hydrogen) atoms. The third-order valence-corrected chi connectivity index (χ3v) is 4.03. The molecule has 1 saturated heterocycles. The van der Waals surface area contributed by atoms with Crippen LogP contribution in [-0.2, 0) is 4.79 Å². The topological polar surface area (TPSA) is 101 Å². The third kappa shape index (κ3) is 3.60. The van der Waals surface area contributed by atoms with E-state index >= 15 is 0 Å². The molecule has 0 spiro atoms. The number of carbonyl (C=O) groups excluding carboxylic acids is 1. The molecule has 1 aliphatic heterocycles. The van der Waals surface area contributed by atoms with Gasteiger partial charge in [0.25, 0.3) is 11.6 Å². The molecule has 0 aromatic heterocycles. The highest BCUT2D eigenvalue weighted by Gasteiger charge is 2.26. The summed E-state index contributed by atoms with van der Waals surface area (Å²) < 4.78 is 0. The second kappa shape index (κ2) is 6.55. The molecule has 7 nitrogen and oxygen atoms in total. The highest BCUT2D eigenvalue weighted by molar-refractivity contribution is 5.96. The van der Waals surface area contributed by atoms with E-state index in [1.165, 1.54) is 12.1 Å². The van der Waals surface area contributed by atoms with Crippen molar-refractivity contribution in [2.45, 2.75) is 26.2 Å². The zero-order chi connectivity index (χ0) is 16.3. The number of hydrogen-bond acceptors (Lipinski definition) is 4. The first kappa shape index (κ1) is 15.9. The van der Waals surface area contributed by atoms with E-state index in [4.69, 9.17) is 5.11 Å². The number of piperidine rings is 1. The molecule has 0 bridgehead atoms. The van der Waals surface area contributed by atoms with Crippen LogP contribution in [0.1, 0.15) is 35.2 Å². The van der Waals surface area contributed by atoms with Gasteiger partial charge in [-0.2, -0.15) is 0 Å². The van der Waals surface area contributed by atoms with Crippen molar-refractivity contribution in [1.29, 1.82) is 0 Å². The minimum Gasteiger partial charge on any atom is -0.481 e. The van der Waals surface area contributed by atoms with Gasteiger partial charge in [0.2, 0.25) is 0 Å². The van der Waals surface area contributed by atoms with Crippen molar-refractivity contribution in [2.75, 3.05) is 13.1 Å². The van der Waals surface area contributed by atoms with Gasteiger partial charge in [0.1, 0.15) is 0 Å². The number of benzene rings is 1. The van der Waals surface area contributed by atoms with Gasteiger partial charge in [-0.3, -0.25) is 19.7 Å². The summed E-state index contributed by atoms with van der Waals surface area (Å²) >= 11 is 0. The van der Waals surface area contributed by atoms with Crippen LogP contribution in [0, 0.1) is 23.0 Å². The molecule has 1 heterocycles. The summed E-state index contributed by atoms with van der Waals surface area (Å²) in [5.74, 6) is -0.956. The number of aliphatic carboxylic acids is 1. The molecule has 0 unspecified atom stereocenters. The SMILES string of the molecule is Cc1ccc([N+](=O)[O-])cc1C(=O)N1CCC(CC(=O)O)CC1. The van der Waals surface area contributed by atoms with E-state index in [1.807, 2.05) is 0 Å². The van der Waals surface area contributed by atoms with Gasteiger partial charge in [0, 0.05) is 37.2 Å². The zero-order valence-corrected chi connectivity index (χ0v) is 12.3. The minimum atomic E-state index is -0.820. The van der Waals surface area contributed by atoms with Gasteiger partial charge in [-0.1, -0.05) is 6.07 Å². The van der Waals surface area contributed by atoms with Crippen molar-refractivity contribution < 1.29 is 19.6 Å². The van der Waals surface area contributed by atoms with Gasteiger partial charge in [-0.15, -0.1) is 0 Å². The van der Waals surface area contributed by atoms with Crippen LogP contribution in [0.25, 0.3) is 0 Å². The van der Waals surface area contributed by atoms with Crippen molar-refractivity contribution in [2.24, 2.45) is 5.92 Å².